The van der Waals surface area contributed by atoms with Gasteiger partial charge in [0.15, 0.2) is 11.5 Å². The number of hydrogen-bond acceptors (Lipinski definition) is 4. The molecule has 6 nitrogen and oxygen atoms in total. The summed E-state index contributed by atoms with van der Waals surface area (Å²) in [5.41, 5.74) is 5.27. The number of pyridine rings is 1. The number of nitrogens with one attached hydrogen (secondary N) is 1. The van der Waals surface area contributed by atoms with Crippen molar-refractivity contribution in [3.05, 3.63) is 126 Å². The number of benzene rings is 3. The van der Waals surface area contributed by atoms with Crippen molar-refractivity contribution in [3.63, 3.8) is 0 Å². The zero-order valence-corrected chi connectivity index (χ0v) is 22.3. The largest absolute Gasteiger partial charge is 0.493 e. The number of aromatic nitrogens is 2. The molecule has 5 rings (SSSR count). The fourth-order valence-electron chi connectivity index (χ4n) is 4.95. The number of rotatable bonds is 11. The lowest BCUT2D eigenvalue weighted by Crippen LogP contribution is -2.27. The van der Waals surface area contributed by atoms with Gasteiger partial charge in [0.05, 0.1) is 7.11 Å². The maximum atomic E-state index is 13.2. The van der Waals surface area contributed by atoms with Crippen molar-refractivity contribution in [2.24, 2.45) is 7.05 Å². The molecule has 0 aliphatic rings. The summed E-state index contributed by atoms with van der Waals surface area (Å²) in [5.74, 6) is 1.14. The lowest BCUT2D eigenvalue weighted by Gasteiger charge is -2.19. The minimum atomic E-state index is -0.164. The Balaban J connectivity index is 1.40. The van der Waals surface area contributed by atoms with Crippen LogP contribution >= 0.6 is 0 Å². The molecular formula is C33H33N3O3. The van der Waals surface area contributed by atoms with Gasteiger partial charge in [-0.05, 0) is 47.0 Å². The van der Waals surface area contributed by atoms with Gasteiger partial charge in [-0.2, -0.15) is 0 Å². The molecule has 1 atom stereocenters. The van der Waals surface area contributed by atoms with Gasteiger partial charge in [-0.25, -0.2) is 0 Å². The van der Waals surface area contributed by atoms with E-state index >= 15 is 0 Å². The lowest BCUT2D eigenvalue weighted by molar-refractivity contribution is -0.121. The third-order valence-electron chi connectivity index (χ3n) is 6.95. The highest BCUT2D eigenvalue weighted by Gasteiger charge is 2.23. The number of para-hydroxylation sites is 1. The number of nitrogens with zero attached hydrogens (tertiary/aromatic N) is 2. The van der Waals surface area contributed by atoms with Crippen LogP contribution < -0.4 is 14.8 Å². The Morgan fingerprint density at radius 2 is 1.74 bits per heavy atom. The molecule has 0 unspecified atom stereocenters. The van der Waals surface area contributed by atoms with E-state index in [-0.39, 0.29) is 11.8 Å². The van der Waals surface area contributed by atoms with Crippen molar-refractivity contribution in [2.45, 2.75) is 25.4 Å². The highest BCUT2D eigenvalue weighted by atomic mass is 16.5. The summed E-state index contributed by atoms with van der Waals surface area (Å²) < 4.78 is 13.9. The minimum absolute atomic E-state index is 0.00719. The van der Waals surface area contributed by atoms with Crippen molar-refractivity contribution in [3.8, 4) is 11.5 Å². The summed E-state index contributed by atoms with van der Waals surface area (Å²) in [5, 5.41) is 4.23. The molecule has 0 bridgehead atoms. The van der Waals surface area contributed by atoms with Crippen molar-refractivity contribution in [1.29, 1.82) is 0 Å². The third-order valence-corrected chi connectivity index (χ3v) is 6.95. The molecule has 0 radical (unpaired) electrons. The molecule has 0 saturated carbocycles. The molecule has 0 spiro atoms. The number of amides is 1. The second-order valence-corrected chi connectivity index (χ2v) is 9.57. The van der Waals surface area contributed by atoms with Crippen LogP contribution in [0.25, 0.3) is 10.9 Å². The van der Waals surface area contributed by atoms with Gasteiger partial charge in [-0.1, -0.05) is 60.7 Å². The van der Waals surface area contributed by atoms with E-state index in [1.807, 2.05) is 85.9 Å². The minimum Gasteiger partial charge on any atom is -0.493 e. The molecule has 2 aromatic heterocycles. The van der Waals surface area contributed by atoms with Crippen LogP contribution in [0.4, 0.5) is 0 Å². The smallest absolute Gasteiger partial charge is 0.220 e. The normalized spacial score (nSPS) is 11.7. The van der Waals surface area contributed by atoms with Crippen LogP contribution in [0.3, 0.4) is 0 Å². The van der Waals surface area contributed by atoms with Crippen LogP contribution in [0.5, 0.6) is 11.5 Å². The van der Waals surface area contributed by atoms with E-state index in [0.717, 1.165) is 33.3 Å². The maximum absolute atomic E-state index is 13.2. The molecular weight excluding hydrogens is 486 g/mol. The molecule has 0 aliphatic heterocycles. The van der Waals surface area contributed by atoms with Crippen LogP contribution in [0.1, 0.15) is 34.7 Å². The average molecular weight is 520 g/mol. The van der Waals surface area contributed by atoms with E-state index in [2.05, 4.69) is 33.2 Å². The third kappa shape index (κ3) is 6.29. The Labute approximate surface area is 229 Å². The van der Waals surface area contributed by atoms with Gasteiger partial charge >= 0.3 is 0 Å². The van der Waals surface area contributed by atoms with Crippen LogP contribution in [0.15, 0.2) is 103 Å². The number of methoxy groups -OCH3 is 1. The van der Waals surface area contributed by atoms with Crippen LogP contribution in [0.2, 0.25) is 0 Å². The Bertz CT molecular complexity index is 1530. The van der Waals surface area contributed by atoms with Gasteiger partial charge < -0.3 is 19.4 Å². The summed E-state index contributed by atoms with van der Waals surface area (Å²) >= 11 is 0. The van der Waals surface area contributed by atoms with Crippen LogP contribution in [0, 0.1) is 0 Å². The van der Waals surface area contributed by atoms with Crippen molar-refractivity contribution < 1.29 is 14.3 Å². The van der Waals surface area contributed by atoms with E-state index < -0.39 is 0 Å². The Hall–Kier alpha value is -4.58. The van der Waals surface area contributed by atoms with E-state index in [0.29, 0.717) is 37.5 Å². The summed E-state index contributed by atoms with van der Waals surface area (Å²) in [6.45, 7) is 0.982. The number of hydrogen-bond donors (Lipinski definition) is 1. The van der Waals surface area contributed by atoms with Crippen LogP contribution in [-0.4, -0.2) is 29.1 Å². The molecule has 198 valence electrons. The molecule has 5 aromatic rings. The first kappa shape index (κ1) is 26.0. The monoisotopic (exact) mass is 519 g/mol. The van der Waals surface area contributed by atoms with Crippen molar-refractivity contribution in [2.75, 3.05) is 13.7 Å². The quantitative estimate of drug-likeness (QED) is 0.231. The Morgan fingerprint density at radius 3 is 2.54 bits per heavy atom. The van der Waals surface area contributed by atoms with E-state index in [4.69, 9.17) is 9.47 Å². The fourth-order valence-corrected chi connectivity index (χ4v) is 4.95. The summed E-state index contributed by atoms with van der Waals surface area (Å²) in [4.78, 5) is 17.6. The topological polar surface area (TPSA) is 65.4 Å². The summed E-state index contributed by atoms with van der Waals surface area (Å²) in [6.07, 6.45) is 4.90. The average Bonchev–Trinajstić information content (AvgIpc) is 3.32. The number of carbonyl (C=O) groups excluding carboxylic acids is 1. The molecule has 3 aromatic carbocycles. The molecule has 0 aliphatic carbocycles. The van der Waals surface area contributed by atoms with Gasteiger partial charge in [-0.15, -0.1) is 0 Å². The molecule has 1 amide bonds. The first-order valence-corrected chi connectivity index (χ1v) is 13.2. The molecule has 2 heterocycles. The van der Waals surface area contributed by atoms with E-state index in [1.165, 1.54) is 0 Å². The van der Waals surface area contributed by atoms with E-state index in [1.54, 1.807) is 13.3 Å². The van der Waals surface area contributed by atoms with Gasteiger partial charge in [0, 0.05) is 61.3 Å². The first-order chi connectivity index (χ1) is 19.1. The fraction of sp³-hybridized carbons (Fsp3) is 0.212. The lowest BCUT2D eigenvalue weighted by atomic mass is 9.87. The second-order valence-electron chi connectivity index (χ2n) is 9.57. The predicted molar refractivity (Wildman–Crippen MR) is 154 cm³/mol. The number of ether oxygens (including phenoxy) is 2. The maximum Gasteiger partial charge on any atom is 0.220 e. The molecule has 0 saturated heterocycles. The number of fused-ring (bicyclic) bond motifs is 1. The molecule has 6 heteroatoms. The van der Waals surface area contributed by atoms with Gasteiger partial charge in [0.1, 0.15) is 6.61 Å². The Kier molecular flexibility index (Phi) is 8.22. The predicted octanol–water partition coefficient (Wildman–Crippen LogP) is 6.04. The van der Waals surface area contributed by atoms with Gasteiger partial charge in [-0.3, -0.25) is 9.78 Å². The highest BCUT2D eigenvalue weighted by molar-refractivity contribution is 5.86. The van der Waals surface area contributed by atoms with Crippen LogP contribution in [-0.2, 0) is 24.9 Å². The van der Waals surface area contributed by atoms with Crippen molar-refractivity contribution >= 4 is 16.8 Å². The zero-order valence-electron chi connectivity index (χ0n) is 22.3. The second kappa shape index (κ2) is 12.3. The van der Waals surface area contributed by atoms with Gasteiger partial charge in [0.2, 0.25) is 5.91 Å². The summed E-state index contributed by atoms with van der Waals surface area (Å²) in [6, 6.07) is 30.1. The van der Waals surface area contributed by atoms with E-state index in [9.17, 15) is 4.79 Å². The standard InChI is InChI=1S/C33H33N3O3/c1-36-22-29(27-13-6-7-14-30(27)36)28(21-33(37)35-19-17-26-12-8-9-18-34-26)25-15-16-31(32(20-25)38-2)39-23-24-10-4-3-5-11-24/h3-16,18,20,22,28H,17,19,21,23H2,1-2H3,(H,35,37)/t28-/m1/s1. The zero-order chi connectivity index (χ0) is 27.0. The number of aryl methyl sites for hydroxylation is 1. The molecule has 0 fully saturated rings. The first-order valence-electron chi connectivity index (χ1n) is 13.2. The highest BCUT2D eigenvalue weighted by Crippen LogP contribution is 2.38. The SMILES string of the molecule is COc1cc([C@@H](CC(=O)NCCc2ccccn2)c2cn(C)c3ccccc23)ccc1OCc1ccccc1. The summed E-state index contributed by atoms with van der Waals surface area (Å²) in [7, 11) is 3.68. The van der Waals surface area contributed by atoms with Gasteiger partial charge in [0.25, 0.3) is 0 Å². The molecule has 39 heavy (non-hydrogen) atoms. The molecule has 1 N–H and O–H groups in total. The number of carbonyl (C=O) groups is 1. The van der Waals surface area contributed by atoms with Crippen molar-refractivity contribution in [1.82, 2.24) is 14.9 Å². The Morgan fingerprint density at radius 1 is 0.949 bits per heavy atom.